The Morgan fingerprint density at radius 2 is 2.00 bits per heavy atom. The van der Waals surface area contributed by atoms with Crippen LogP contribution in [0.25, 0.3) is 0 Å². The van der Waals surface area contributed by atoms with E-state index < -0.39 is 0 Å². The van der Waals surface area contributed by atoms with Gasteiger partial charge < -0.3 is 14.8 Å². The Balaban J connectivity index is 1.39. The first-order chi connectivity index (χ1) is 9.22. The monoisotopic (exact) mass is 263 g/mol. The smallest absolute Gasteiger partial charge is 0.117 e. The number of aliphatic hydroxyl groups is 1. The van der Waals surface area contributed by atoms with Crippen molar-refractivity contribution >= 4 is 0 Å². The molecule has 19 heavy (non-hydrogen) atoms. The van der Waals surface area contributed by atoms with Gasteiger partial charge in [0, 0.05) is 5.92 Å². The molecule has 106 valence electrons. The van der Waals surface area contributed by atoms with Gasteiger partial charge in [-0.1, -0.05) is 6.92 Å². The number of nitrogens with one attached hydrogen (secondary N) is 1. The number of hydrogen-bond donors (Lipinski definition) is 2. The van der Waals surface area contributed by atoms with Crippen molar-refractivity contribution in [3.8, 4) is 0 Å². The van der Waals surface area contributed by atoms with Gasteiger partial charge in [0.05, 0.1) is 12.6 Å². The molecule has 2 fully saturated rings. The molecule has 2 unspecified atom stereocenters. The van der Waals surface area contributed by atoms with E-state index in [9.17, 15) is 5.11 Å². The highest BCUT2D eigenvalue weighted by atomic mass is 16.3. The zero-order chi connectivity index (χ0) is 13.2. The van der Waals surface area contributed by atoms with Crippen LogP contribution in [0.15, 0.2) is 16.5 Å². The van der Waals surface area contributed by atoms with E-state index in [2.05, 4.69) is 24.4 Å². The lowest BCUT2D eigenvalue weighted by molar-refractivity contribution is 0.108. The lowest BCUT2D eigenvalue weighted by Gasteiger charge is -2.25. The van der Waals surface area contributed by atoms with Crippen molar-refractivity contribution in [3.63, 3.8) is 0 Å². The highest BCUT2D eigenvalue weighted by Gasteiger charge is 2.36. The van der Waals surface area contributed by atoms with Crippen LogP contribution < -0.4 is 5.32 Å². The molecule has 0 aromatic carbocycles. The minimum atomic E-state index is -0.0515. The first-order valence-electron chi connectivity index (χ1n) is 7.69. The van der Waals surface area contributed by atoms with Crippen LogP contribution in [0.3, 0.4) is 0 Å². The van der Waals surface area contributed by atoms with E-state index in [0.29, 0.717) is 5.92 Å². The van der Waals surface area contributed by atoms with Gasteiger partial charge in [0.1, 0.15) is 11.5 Å². The Kier molecular flexibility index (Phi) is 3.94. The van der Waals surface area contributed by atoms with E-state index in [1.54, 1.807) is 0 Å². The molecule has 3 rings (SSSR count). The van der Waals surface area contributed by atoms with Crippen LogP contribution in [0, 0.1) is 11.8 Å². The molecule has 1 aromatic heterocycles. The molecule has 2 atom stereocenters. The predicted molar refractivity (Wildman–Crippen MR) is 74.9 cm³/mol. The maximum Gasteiger partial charge on any atom is 0.117 e. The van der Waals surface area contributed by atoms with E-state index in [1.165, 1.54) is 12.2 Å². The minimum absolute atomic E-state index is 0.0515. The number of furan rings is 1. The molecule has 2 saturated carbocycles. The van der Waals surface area contributed by atoms with Crippen LogP contribution in [0.5, 0.6) is 0 Å². The second-order valence-corrected chi connectivity index (χ2v) is 6.43. The highest BCUT2D eigenvalue weighted by molar-refractivity contribution is 5.17. The highest BCUT2D eigenvalue weighted by Crippen LogP contribution is 2.47. The largest absolute Gasteiger partial charge is 0.464 e. The summed E-state index contributed by atoms with van der Waals surface area (Å²) in [5.41, 5.74) is 0. The summed E-state index contributed by atoms with van der Waals surface area (Å²) in [4.78, 5) is 0. The van der Waals surface area contributed by atoms with Crippen LogP contribution in [-0.4, -0.2) is 17.8 Å². The average molecular weight is 263 g/mol. The van der Waals surface area contributed by atoms with Crippen molar-refractivity contribution < 1.29 is 9.52 Å². The third-order valence-corrected chi connectivity index (χ3v) is 4.71. The van der Waals surface area contributed by atoms with Gasteiger partial charge in [-0.3, -0.25) is 0 Å². The topological polar surface area (TPSA) is 45.4 Å². The fourth-order valence-electron chi connectivity index (χ4n) is 3.16. The molecule has 0 saturated heterocycles. The minimum Gasteiger partial charge on any atom is -0.464 e. The summed E-state index contributed by atoms with van der Waals surface area (Å²) < 4.78 is 5.88. The molecule has 1 aromatic rings. The van der Waals surface area contributed by atoms with Crippen LogP contribution in [0.4, 0.5) is 0 Å². The summed E-state index contributed by atoms with van der Waals surface area (Å²) in [5.74, 6) is 4.44. The SMILES string of the molecule is CC1CC1c1ccc(CNCC2CCC(O)CC2)o1. The standard InChI is InChI=1S/C16H25NO2/c1-11-8-15(11)16-7-6-14(19-16)10-17-9-12-2-4-13(18)5-3-12/h6-7,11-13,15,17-18H,2-5,8-10H2,1H3. The third kappa shape index (κ3) is 3.40. The van der Waals surface area contributed by atoms with Gasteiger partial charge in [-0.2, -0.15) is 0 Å². The Morgan fingerprint density at radius 3 is 2.68 bits per heavy atom. The first kappa shape index (κ1) is 13.2. The lowest BCUT2D eigenvalue weighted by atomic mass is 9.87. The van der Waals surface area contributed by atoms with E-state index in [0.717, 1.165) is 56.4 Å². The average Bonchev–Trinajstić information content (AvgIpc) is 2.96. The van der Waals surface area contributed by atoms with Crippen molar-refractivity contribution in [2.45, 2.75) is 57.6 Å². The van der Waals surface area contributed by atoms with Gasteiger partial charge in [0.2, 0.25) is 0 Å². The molecule has 0 radical (unpaired) electrons. The van der Waals surface area contributed by atoms with E-state index in [-0.39, 0.29) is 6.10 Å². The summed E-state index contributed by atoms with van der Waals surface area (Å²) in [6, 6.07) is 4.25. The Morgan fingerprint density at radius 1 is 1.26 bits per heavy atom. The van der Waals surface area contributed by atoms with Crippen LogP contribution in [0.1, 0.15) is 56.5 Å². The summed E-state index contributed by atoms with van der Waals surface area (Å²) in [7, 11) is 0. The maximum absolute atomic E-state index is 9.48. The van der Waals surface area contributed by atoms with E-state index in [1.807, 2.05) is 0 Å². The van der Waals surface area contributed by atoms with E-state index in [4.69, 9.17) is 4.42 Å². The molecule has 3 nitrogen and oxygen atoms in total. The molecular formula is C16H25NO2. The Bertz CT molecular complexity index is 407. The van der Waals surface area contributed by atoms with Crippen molar-refractivity contribution in [1.82, 2.24) is 5.32 Å². The second-order valence-electron chi connectivity index (χ2n) is 6.43. The normalized spacial score (nSPS) is 34.4. The van der Waals surface area contributed by atoms with Crippen LogP contribution in [-0.2, 0) is 6.54 Å². The van der Waals surface area contributed by atoms with E-state index >= 15 is 0 Å². The molecule has 0 aliphatic heterocycles. The summed E-state index contributed by atoms with van der Waals surface area (Å²) >= 11 is 0. The molecule has 2 N–H and O–H groups in total. The molecule has 2 aliphatic rings. The zero-order valence-electron chi connectivity index (χ0n) is 11.8. The fraction of sp³-hybridized carbons (Fsp3) is 0.750. The molecule has 2 aliphatic carbocycles. The molecule has 0 spiro atoms. The van der Waals surface area contributed by atoms with Gasteiger partial charge in [-0.15, -0.1) is 0 Å². The maximum atomic E-state index is 9.48. The summed E-state index contributed by atoms with van der Waals surface area (Å²) in [6.45, 7) is 4.16. The third-order valence-electron chi connectivity index (χ3n) is 4.71. The zero-order valence-corrected chi connectivity index (χ0v) is 11.8. The van der Waals surface area contributed by atoms with Gasteiger partial charge in [-0.25, -0.2) is 0 Å². The quantitative estimate of drug-likeness (QED) is 0.858. The first-order valence-corrected chi connectivity index (χ1v) is 7.69. The van der Waals surface area contributed by atoms with Crippen molar-refractivity contribution in [2.75, 3.05) is 6.54 Å². The van der Waals surface area contributed by atoms with Crippen LogP contribution in [0.2, 0.25) is 0 Å². The van der Waals surface area contributed by atoms with Crippen molar-refractivity contribution in [2.24, 2.45) is 11.8 Å². The number of aliphatic hydroxyl groups excluding tert-OH is 1. The number of rotatable bonds is 5. The molecule has 1 heterocycles. The molecule has 0 bridgehead atoms. The second kappa shape index (κ2) is 5.68. The van der Waals surface area contributed by atoms with Crippen LogP contribution >= 0.6 is 0 Å². The number of hydrogen-bond acceptors (Lipinski definition) is 3. The van der Waals surface area contributed by atoms with Gasteiger partial charge >= 0.3 is 0 Å². The van der Waals surface area contributed by atoms with Crippen molar-refractivity contribution in [3.05, 3.63) is 23.7 Å². The van der Waals surface area contributed by atoms with Crippen molar-refractivity contribution in [1.29, 1.82) is 0 Å². The molecular weight excluding hydrogens is 238 g/mol. The summed E-state index contributed by atoms with van der Waals surface area (Å²) in [5, 5.41) is 13.0. The Hall–Kier alpha value is -0.800. The fourth-order valence-corrected chi connectivity index (χ4v) is 3.16. The van der Waals surface area contributed by atoms with Gasteiger partial charge in [-0.05, 0) is 62.6 Å². The molecule has 3 heteroatoms. The lowest BCUT2D eigenvalue weighted by Crippen LogP contribution is -2.27. The predicted octanol–water partition coefficient (Wildman–Crippen LogP) is 3.04. The molecule has 0 amide bonds. The van der Waals surface area contributed by atoms with Gasteiger partial charge in [0.25, 0.3) is 0 Å². The van der Waals surface area contributed by atoms with Gasteiger partial charge in [0.15, 0.2) is 0 Å². The Labute approximate surface area is 115 Å². The summed E-state index contributed by atoms with van der Waals surface area (Å²) in [6.07, 6.45) is 5.47.